The molecule has 3 rings (SSSR count). The van der Waals surface area contributed by atoms with Crippen LogP contribution < -0.4 is 5.73 Å². The summed E-state index contributed by atoms with van der Waals surface area (Å²) in [6.45, 7) is 0. The number of thiazole rings is 1. The van der Waals surface area contributed by atoms with E-state index in [4.69, 9.17) is 5.73 Å². The Bertz CT molecular complexity index is 615. The number of nitrogen functional groups attached to an aromatic ring is 1. The van der Waals surface area contributed by atoms with Crippen molar-refractivity contribution in [3.05, 3.63) is 30.5 Å². The van der Waals surface area contributed by atoms with Gasteiger partial charge in [-0.15, -0.1) is 0 Å². The molecule has 0 saturated carbocycles. The van der Waals surface area contributed by atoms with Crippen molar-refractivity contribution < 1.29 is 0 Å². The van der Waals surface area contributed by atoms with E-state index in [1.54, 1.807) is 6.20 Å². The summed E-state index contributed by atoms with van der Waals surface area (Å²) in [5.41, 5.74) is 7.61. The maximum Gasteiger partial charge on any atom is 0.181 e. The van der Waals surface area contributed by atoms with E-state index in [0.717, 1.165) is 21.1 Å². The summed E-state index contributed by atoms with van der Waals surface area (Å²) in [6.07, 6.45) is 1.79. The lowest BCUT2D eigenvalue weighted by atomic mass is 10.2. The third-order valence-corrected chi connectivity index (χ3v) is 3.09. The van der Waals surface area contributed by atoms with E-state index in [2.05, 4.69) is 9.97 Å². The van der Waals surface area contributed by atoms with Crippen LogP contribution in [0.2, 0.25) is 0 Å². The van der Waals surface area contributed by atoms with Crippen molar-refractivity contribution in [2.24, 2.45) is 0 Å². The van der Waals surface area contributed by atoms with Crippen LogP contribution in [0.5, 0.6) is 0 Å². The Morgan fingerprint density at radius 1 is 1.14 bits per heavy atom. The molecular weight excluding hydrogens is 194 g/mol. The van der Waals surface area contributed by atoms with E-state index in [0.29, 0.717) is 5.13 Å². The molecule has 14 heavy (non-hydrogen) atoms. The molecule has 0 aliphatic carbocycles. The number of nitrogens with zero attached hydrogens (tertiary/aromatic N) is 2. The highest BCUT2D eigenvalue weighted by Crippen LogP contribution is 2.30. The molecule has 0 aliphatic heterocycles. The number of pyridine rings is 1. The van der Waals surface area contributed by atoms with Crippen molar-refractivity contribution in [2.45, 2.75) is 0 Å². The second-order valence-electron chi connectivity index (χ2n) is 3.04. The van der Waals surface area contributed by atoms with Gasteiger partial charge in [-0.3, -0.25) is 4.98 Å². The molecular formula is C10H7N3S. The van der Waals surface area contributed by atoms with Gasteiger partial charge in [0, 0.05) is 11.6 Å². The van der Waals surface area contributed by atoms with Crippen LogP contribution >= 0.6 is 11.3 Å². The van der Waals surface area contributed by atoms with Crippen LogP contribution in [-0.4, -0.2) is 9.97 Å². The highest BCUT2D eigenvalue weighted by atomic mass is 32.1. The Labute approximate surface area is 84.2 Å². The number of hydrogen-bond donors (Lipinski definition) is 1. The summed E-state index contributed by atoms with van der Waals surface area (Å²) in [4.78, 5) is 8.51. The zero-order valence-corrected chi connectivity index (χ0v) is 8.08. The molecule has 2 heterocycles. The standard InChI is InChI=1S/C10H7N3S/c11-10-13-8-4-3-7-6(9(8)14-10)2-1-5-12-7/h1-5H,(H2,11,13). The Kier molecular flexibility index (Phi) is 1.46. The molecule has 0 amide bonds. The summed E-state index contributed by atoms with van der Waals surface area (Å²) in [6, 6.07) is 7.90. The average Bonchev–Trinajstić information content (AvgIpc) is 2.59. The predicted octanol–water partition coefficient (Wildman–Crippen LogP) is 2.43. The Balaban J connectivity index is 2.60. The second-order valence-corrected chi connectivity index (χ2v) is 4.07. The van der Waals surface area contributed by atoms with Crippen LogP contribution in [-0.2, 0) is 0 Å². The van der Waals surface area contributed by atoms with Gasteiger partial charge in [-0.1, -0.05) is 11.3 Å². The lowest BCUT2D eigenvalue weighted by molar-refractivity contribution is 1.42. The van der Waals surface area contributed by atoms with Gasteiger partial charge in [0.05, 0.1) is 15.7 Å². The first-order valence-electron chi connectivity index (χ1n) is 4.24. The van der Waals surface area contributed by atoms with E-state index in [1.807, 2.05) is 24.3 Å². The van der Waals surface area contributed by atoms with Gasteiger partial charge in [-0.05, 0) is 24.3 Å². The lowest BCUT2D eigenvalue weighted by Crippen LogP contribution is -1.79. The second kappa shape index (κ2) is 2.65. The van der Waals surface area contributed by atoms with Gasteiger partial charge in [0.2, 0.25) is 0 Å². The average molecular weight is 201 g/mol. The van der Waals surface area contributed by atoms with Crippen LogP contribution in [0.3, 0.4) is 0 Å². The van der Waals surface area contributed by atoms with E-state index in [1.165, 1.54) is 11.3 Å². The molecule has 3 aromatic rings. The maximum absolute atomic E-state index is 5.67. The highest BCUT2D eigenvalue weighted by molar-refractivity contribution is 7.23. The number of nitrogens with two attached hydrogens (primary N) is 1. The van der Waals surface area contributed by atoms with E-state index >= 15 is 0 Å². The first kappa shape index (κ1) is 7.70. The molecule has 0 unspecified atom stereocenters. The van der Waals surface area contributed by atoms with E-state index in [9.17, 15) is 0 Å². The van der Waals surface area contributed by atoms with Gasteiger partial charge in [0.15, 0.2) is 5.13 Å². The Hall–Kier alpha value is -1.68. The predicted molar refractivity (Wildman–Crippen MR) is 59.3 cm³/mol. The number of rotatable bonds is 0. The first-order valence-corrected chi connectivity index (χ1v) is 5.06. The van der Waals surface area contributed by atoms with Gasteiger partial charge in [0.1, 0.15) is 0 Å². The van der Waals surface area contributed by atoms with Crippen LogP contribution in [0.4, 0.5) is 5.13 Å². The van der Waals surface area contributed by atoms with Gasteiger partial charge < -0.3 is 5.73 Å². The Morgan fingerprint density at radius 3 is 2.93 bits per heavy atom. The molecule has 4 heteroatoms. The van der Waals surface area contributed by atoms with E-state index in [-0.39, 0.29) is 0 Å². The minimum absolute atomic E-state index is 0.608. The minimum Gasteiger partial charge on any atom is -0.375 e. The van der Waals surface area contributed by atoms with Gasteiger partial charge in [0.25, 0.3) is 0 Å². The van der Waals surface area contributed by atoms with Gasteiger partial charge in [-0.2, -0.15) is 0 Å². The Morgan fingerprint density at radius 2 is 2.00 bits per heavy atom. The monoisotopic (exact) mass is 201 g/mol. The zero-order valence-electron chi connectivity index (χ0n) is 7.27. The van der Waals surface area contributed by atoms with Gasteiger partial charge in [-0.25, -0.2) is 4.98 Å². The molecule has 0 spiro atoms. The van der Waals surface area contributed by atoms with E-state index < -0.39 is 0 Å². The molecule has 2 aromatic heterocycles. The number of fused-ring (bicyclic) bond motifs is 3. The van der Waals surface area contributed by atoms with Crippen molar-refractivity contribution in [2.75, 3.05) is 5.73 Å². The number of benzene rings is 1. The molecule has 3 nitrogen and oxygen atoms in total. The minimum atomic E-state index is 0.608. The number of aromatic nitrogens is 2. The molecule has 0 radical (unpaired) electrons. The third kappa shape index (κ3) is 0.975. The van der Waals surface area contributed by atoms with Crippen molar-refractivity contribution in [1.82, 2.24) is 9.97 Å². The van der Waals surface area contributed by atoms with Crippen LogP contribution in [0.25, 0.3) is 21.1 Å². The van der Waals surface area contributed by atoms with Crippen molar-refractivity contribution in [3.63, 3.8) is 0 Å². The highest BCUT2D eigenvalue weighted by Gasteiger charge is 2.04. The summed E-state index contributed by atoms with van der Waals surface area (Å²) < 4.78 is 1.12. The lowest BCUT2D eigenvalue weighted by Gasteiger charge is -1.95. The molecule has 1 aromatic carbocycles. The fourth-order valence-electron chi connectivity index (χ4n) is 1.56. The van der Waals surface area contributed by atoms with Crippen LogP contribution in [0, 0.1) is 0 Å². The molecule has 0 atom stereocenters. The fourth-order valence-corrected chi connectivity index (χ4v) is 2.41. The van der Waals surface area contributed by atoms with Crippen molar-refractivity contribution in [1.29, 1.82) is 0 Å². The topological polar surface area (TPSA) is 51.8 Å². The molecule has 0 fully saturated rings. The maximum atomic E-state index is 5.67. The van der Waals surface area contributed by atoms with Crippen molar-refractivity contribution in [3.8, 4) is 0 Å². The summed E-state index contributed by atoms with van der Waals surface area (Å²) in [5, 5.41) is 1.73. The van der Waals surface area contributed by atoms with Crippen LogP contribution in [0.1, 0.15) is 0 Å². The van der Waals surface area contributed by atoms with Crippen LogP contribution in [0.15, 0.2) is 30.5 Å². The molecule has 0 saturated heterocycles. The summed E-state index contributed by atoms with van der Waals surface area (Å²) in [5.74, 6) is 0. The SMILES string of the molecule is Nc1nc2ccc3ncccc3c2s1. The zero-order chi connectivity index (χ0) is 9.54. The molecule has 2 N–H and O–H groups in total. The van der Waals surface area contributed by atoms with Gasteiger partial charge >= 0.3 is 0 Å². The van der Waals surface area contributed by atoms with Crippen molar-refractivity contribution >= 4 is 37.6 Å². The quantitative estimate of drug-likeness (QED) is 0.607. The normalized spacial score (nSPS) is 11.1. The first-order chi connectivity index (χ1) is 6.84. The number of hydrogen-bond acceptors (Lipinski definition) is 4. The molecule has 68 valence electrons. The summed E-state index contributed by atoms with van der Waals surface area (Å²) in [7, 11) is 0. The third-order valence-electron chi connectivity index (χ3n) is 2.15. The summed E-state index contributed by atoms with van der Waals surface area (Å²) >= 11 is 1.51. The molecule has 0 aliphatic rings. The smallest absolute Gasteiger partial charge is 0.181 e. The largest absolute Gasteiger partial charge is 0.375 e. The fraction of sp³-hybridized carbons (Fsp3) is 0. The number of anilines is 1. The molecule has 0 bridgehead atoms.